The highest BCUT2D eigenvalue weighted by atomic mass is 35.5. The van der Waals surface area contributed by atoms with Crippen molar-refractivity contribution in [3.05, 3.63) is 101 Å². The van der Waals surface area contributed by atoms with E-state index < -0.39 is 34.4 Å². The summed E-state index contributed by atoms with van der Waals surface area (Å²) in [6.45, 7) is 3.05. The summed E-state index contributed by atoms with van der Waals surface area (Å²) in [5.74, 6) is -1.83. The van der Waals surface area contributed by atoms with Crippen LogP contribution >= 0.6 is 11.6 Å². The number of hydrogen-bond acceptors (Lipinski definition) is 5. The maximum absolute atomic E-state index is 13.9. The SMILES string of the molecule is CC[C@@H](C)NC(=O)[C@@H](Cc1ccccc1)N(Cc1cccc(Cl)c1)C(=O)CN1C(=O)c2ccccc2S1(=O)=O. The van der Waals surface area contributed by atoms with Crippen LogP contribution in [0.1, 0.15) is 41.8 Å². The lowest BCUT2D eigenvalue weighted by molar-refractivity contribution is -0.141. The van der Waals surface area contributed by atoms with E-state index in [1.165, 1.54) is 23.1 Å². The summed E-state index contributed by atoms with van der Waals surface area (Å²) in [6.07, 6.45) is 0.876. The number of carbonyl (C=O) groups excluding carboxylic acids is 3. The molecule has 1 N–H and O–H groups in total. The van der Waals surface area contributed by atoms with Crippen LogP contribution in [0.2, 0.25) is 5.02 Å². The van der Waals surface area contributed by atoms with Crippen molar-refractivity contribution in [2.75, 3.05) is 6.54 Å². The Balaban J connectivity index is 1.72. The highest BCUT2D eigenvalue weighted by Gasteiger charge is 2.43. The predicted molar refractivity (Wildman–Crippen MR) is 148 cm³/mol. The van der Waals surface area contributed by atoms with Crippen molar-refractivity contribution in [1.82, 2.24) is 14.5 Å². The van der Waals surface area contributed by atoms with Gasteiger partial charge in [0, 0.05) is 24.0 Å². The molecule has 1 aliphatic heterocycles. The molecule has 1 aliphatic rings. The minimum absolute atomic E-state index is 0.0140. The number of hydrogen-bond donors (Lipinski definition) is 1. The van der Waals surface area contributed by atoms with E-state index in [-0.39, 0.29) is 35.4 Å². The molecule has 10 heteroatoms. The van der Waals surface area contributed by atoms with Gasteiger partial charge >= 0.3 is 0 Å². The van der Waals surface area contributed by atoms with Gasteiger partial charge in [-0.25, -0.2) is 12.7 Å². The number of sulfonamides is 1. The van der Waals surface area contributed by atoms with E-state index in [9.17, 15) is 22.8 Å². The standard InChI is InChI=1S/C29H30ClN3O5S/c1-3-20(2)31-28(35)25(17-21-10-5-4-6-11-21)32(18-22-12-9-13-23(30)16-22)27(34)19-33-29(36)24-14-7-8-15-26(24)39(33,37)38/h4-16,20,25H,3,17-19H2,1-2H3,(H,31,35)/t20-,25-/m1/s1. The van der Waals surface area contributed by atoms with Crippen molar-refractivity contribution < 1.29 is 22.8 Å². The fourth-order valence-electron chi connectivity index (χ4n) is 4.43. The zero-order valence-electron chi connectivity index (χ0n) is 21.7. The smallest absolute Gasteiger partial charge is 0.269 e. The van der Waals surface area contributed by atoms with Gasteiger partial charge in [0.15, 0.2) is 0 Å². The van der Waals surface area contributed by atoms with Gasteiger partial charge in [-0.05, 0) is 48.7 Å². The highest BCUT2D eigenvalue weighted by Crippen LogP contribution is 2.30. The molecule has 204 valence electrons. The fraction of sp³-hybridized carbons (Fsp3) is 0.276. The Morgan fingerprint density at radius 3 is 2.31 bits per heavy atom. The second kappa shape index (κ2) is 12.0. The molecule has 2 atom stereocenters. The molecule has 3 aromatic rings. The molecule has 0 radical (unpaired) electrons. The summed E-state index contributed by atoms with van der Waals surface area (Å²) in [5, 5.41) is 3.41. The van der Waals surface area contributed by atoms with Crippen LogP contribution in [0.15, 0.2) is 83.8 Å². The van der Waals surface area contributed by atoms with Gasteiger partial charge in [-0.3, -0.25) is 14.4 Å². The molecule has 3 aromatic carbocycles. The van der Waals surface area contributed by atoms with E-state index in [1.807, 2.05) is 44.2 Å². The third-order valence-corrected chi connectivity index (χ3v) is 8.73. The number of amides is 3. The average molecular weight is 568 g/mol. The van der Waals surface area contributed by atoms with E-state index in [2.05, 4.69) is 5.32 Å². The lowest BCUT2D eigenvalue weighted by Gasteiger charge is -2.33. The molecule has 0 aliphatic carbocycles. The maximum Gasteiger partial charge on any atom is 0.269 e. The molecular formula is C29H30ClN3O5S. The van der Waals surface area contributed by atoms with E-state index in [1.54, 1.807) is 30.3 Å². The Labute approximate surface area is 233 Å². The molecule has 39 heavy (non-hydrogen) atoms. The lowest BCUT2D eigenvalue weighted by Crippen LogP contribution is -2.54. The second-order valence-electron chi connectivity index (χ2n) is 9.49. The Morgan fingerprint density at radius 2 is 1.64 bits per heavy atom. The number of fused-ring (bicyclic) bond motifs is 1. The molecule has 0 saturated heterocycles. The first-order valence-corrected chi connectivity index (χ1v) is 14.5. The first-order chi connectivity index (χ1) is 18.6. The molecule has 4 rings (SSSR count). The Kier molecular flexibility index (Phi) is 8.72. The fourth-order valence-corrected chi connectivity index (χ4v) is 6.16. The van der Waals surface area contributed by atoms with Crippen LogP contribution in [0.4, 0.5) is 0 Å². The molecule has 3 amide bonds. The largest absolute Gasteiger partial charge is 0.352 e. The predicted octanol–water partition coefficient (Wildman–Crippen LogP) is 4.04. The zero-order chi connectivity index (χ0) is 28.2. The van der Waals surface area contributed by atoms with Crippen LogP contribution in [0, 0.1) is 0 Å². The first-order valence-electron chi connectivity index (χ1n) is 12.7. The lowest BCUT2D eigenvalue weighted by atomic mass is 10.0. The second-order valence-corrected chi connectivity index (χ2v) is 11.8. The van der Waals surface area contributed by atoms with E-state index >= 15 is 0 Å². The van der Waals surface area contributed by atoms with Crippen molar-refractivity contribution in [2.24, 2.45) is 0 Å². The van der Waals surface area contributed by atoms with Gasteiger partial charge in [0.2, 0.25) is 11.8 Å². The zero-order valence-corrected chi connectivity index (χ0v) is 23.3. The summed E-state index contributed by atoms with van der Waals surface area (Å²) in [7, 11) is -4.22. The van der Waals surface area contributed by atoms with E-state index in [4.69, 9.17) is 11.6 Å². The minimum Gasteiger partial charge on any atom is -0.352 e. The number of nitrogens with one attached hydrogen (secondary N) is 1. The topological polar surface area (TPSA) is 104 Å². The molecule has 8 nitrogen and oxygen atoms in total. The monoisotopic (exact) mass is 567 g/mol. The molecule has 0 saturated carbocycles. The summed E-state index contributed by atoms with van der Waals surface area (Å²) >= 11 is 6.20. The average Bonchev–Trinajstić information content (AvgIpc) is 3.11. The van der Waals surface area contributed by atoms with Gasteiger partial charge in [-0.1, -0.05) is 73.1 Å². The van der Waals surface area contributed by atoms with Crippen LogP contribution in [0.3, 0.4) is 0 Å². The van der Waals surface area contributed by atoms with Crippen LogP contribution in [0.5, 0.6) is 0 Å². The molecule has 0 aromatic heterocycles. The number of benzene rings is 3. The third-order valence-electron chi connectivity index (χ3n) is 6.70. The molecular weight excluding hydrogens is 538 g/mol. The number of carbonyl (C=O) groups is 3. The van der Waals surface area contributed by atoms with Gasteiger partial charge in [0.1, 0.15) is 17.5 Å². The van der Waals surface area contributed by atoms with E-state index in [0.29, 0.717) is 21.3 Å². The summed E-state index contributed by atoms with van der Waals surface area (Å²) in [6, 6.07) is 20.9. The molecule has 0 spiro atoms. The van der Waals surface area contributed by atoms with Gasteiger partial charge in [0.25, 0.3) is 15.9 Å². The van der Waals surface area contributed by atoms with Crippen LogP contribution in [0.25, 0.3) is 0 Å². The van der Waals surface area contributed by atoms with Gasteiger partial charge in [0.05, 0.1) is 5.56 Å². The van der Waals surface area contributed by atoms with Crippen LogP contribution in [-0.2, 0) is 32.6 Å². The summed E-state index contributed by atoms with van der Waals surface area (Å²) in [5.41, 5.74) is 1.49. The highest BCUT2D eigenvalue weighted by molar-refractivity contribution is 7.90. The molecule has 0 bridgehead atoms. The molecule has 0 fully saturated rings. The van der Waals surface area contributed by atoms with Crippen molar-refractivity contribution in [2.45, 2.75) is 50.2 Å². The van der Waals surface area contributed by atoms with E-state index in [0.717, 1.165) is 5.56 Å². The van der Waals surface area contributed by atoms with Crippen molar-refractivity contribution >= 4 is 39.3 Å². The Bertz CT molecular complexity index is 1480. The van der Waals surface area contributed by atoms with Gasteiger partial charge in [-0.15, -0.1) is 0 Å². The molecule has 1 heterocycles. The first kappa shape index (κ1) is 28.3. The molecule has 0 unspecified atom stereocenters. The third kappa shape index (κ3) is 6.32. The number of halogens is 1. The Hall–Kier alpha value is -3.69. The number of rotatable bonds is 10. The maximum atomic E-state index is 13.9. The van der Waals surface area contributed by atoms with Gasteiger partial charge < -0.3 is 10.2 Å². The van der Waals surface area contributed by atoms with Crippen molar-refractivity contribution in [3.63, 3.8) is 0 Å². The normalized spacial score (nSPS) is 15.4. The number of nitrogens with zero attached hydrogens (tertiary/aromatic N) is 2. The van der Waals surface area contributed by atoms with Crippen LogP contribution < -0.4 is 5.32 Å². The Morgan fingerprint density at radius 1 is 0.974 bits per heavy atom. The minimum atomic E-state index is -4.22. The quantitative estimate of drug-likeness (QED) is 0.398. The van der Waals surface area contributed by atoms with Crippen molar-refractivity contribution in [1.29, 1.82) is 0 Å². The summed E-state index contributed by atoms with van der Waals surface area (Å²) in [4.78, 5) is 41.7. The van der Waals surface area contributed by atoms with Crippen LogP contribution in [-0.4, -0.2) is 54.0 Å². The van der Waals surface area contributed by atoms with Gasteiger partial charge in [-0.2, -0.15) is 0 Å². The van der Waals surface area contributed by atoms with Crippen molar-refractivity contribution in [3.8, 4) is 0 Å². The summed E-state index contributed by atoms with van der Waals surface area (Å²) < 4.78 is 26.9.